The fraction of sp³-hybridized carbons (Fsp3) is 0.214. The highest BCUT2D eigenvalue weighted by molar-refractivity contribution is 9.10. The zero-order valence-electron chi connectivity index (χ0n) is 11.2. The molecule has 1 aromatic carbocycles. The van der Waals surface area contributed by atoms with Crippen LogP contribution in [0.5, 0.6) is 0 Å². The summed E-state index contributed by atoms with van der Waals surface area (Å²) in [4.78, 5) is 4.22. The zero-order chi connectivity index (χ0) is 14.8. The van der Waals surface area contributed by atoms with Crippen molar-refractivity contribution in [1.29, 1.82) is 0 Å². The molecule has 0 bridgehead atoms. The quantitative estimate of drug-likeness (QED) is 0.850. The maximum absolute atomic E-state index is 12.3. The van der Waals surface area contributed by atoms with Crippen LogP contribution in [0, 0.1) is 0 Å². The molecule has 2 rings (SSSR count). The molecule has 4 nitrogen and oxygen atoms in total. The number of hydrogen-bond acceptors (Lipinski definition) is 3. The molecule has 0 atom stereocenters. The molecular weight excluding hydrogens is 340 g/mol. The van der Waals surface area contributed by atoms with E-state index in [1.165, 1.54) is 0 Å². The SMILES string of the molecule is CC(C)c1ccc(S(=O)(=O)Nc2cccnc2Br)cc1. The molecule has 2 aromatic rings. The number of sulfonamides is 1. The molecule has 20 heavy (non-hydrogen) atoms. The minimum atomic E-state index is -3.60. The summed E-state index contributed by atoms with van der Waals surface area (Å²) in [6.45, 7) is 4.13. The number of rotatable bonds is 4. The van der Waals surface area contributed by atoms with E-state index in [0.29, 0.717) is 16.2 Å². The Kier molecular flexibility index (Phi) is 4.45. The fourth-order valence-electron chi connectivity index (χ4n) is 1.70. The fourth-order valence-corrected chi connectivity index (χ4v) is 3.24. The van der Waals surface area contributed by atoms with E-state index in [1.807, 2.05) is 12.1 Å². The van der Waals surface area contributed by atoms with Gasteiger partial charge in [-0.25, -0.2) is 13.4 Å². The van der Waals surface area contributed by atoms with Gasteiger partial charge in [0.15, 0.2) is 0 Å². The van der Waals surface area contributed by atoms with Crippen molar-refractivity contribution < 1.29 is 8.42 Å². The monoisotopic (exact) mass is 354 g/mol. The number of halogens is 1. The van der Waals surface area contributed by atoms with Gasteiger partial charge in [0.2, 0.25) is 0 Å². The van der Waals surface area contributed by atoms with Gasteiger partial charge in [-0.2, -0.15) is 0 Å². The number of hydrogen-bond donors (Lipinski definition) is 1. The molecule has 0 amide bonds. The first-order valence-corrected chi connectivity index (χ1v) is 8.41. The summed E-state index contributed by atoms with van der Waals surface area (Å²) < 4.78 is 27.5. The van der Waals surface area contributed by atoms with Crippen LogP contribution in [0.3, 0.4) is 0 Å². The zero-order valence-corrected chi connectivity index (χ0v) is 13.6. The molecule has 0 unspecified atom stereocenters. The van der Waals surface area contributed by atoms with Gasteiger partial charge in [-0.1, -0.05) is 26.0 Å². The van der Waals surface area contributed by atoms with Crippen LogP contribution in [-0.2, 0) is 10.0 Å². The van der Waals surface area contributed by atoms with Crippen LogP contribution in [0.15, 0.2) is 52.1 Å². The lowest BCUT2D eigenvalue weighted by Gasteiger charge is -2.10. The first-order chi connectivity index (χ1) is 9.40. The molecule has 0 radical (unpaired) electrons. The normalized spacial score (nSPS) is 11.6. The smallest absolute Gasteiger partial charge is 0.261 e. The van der Waals surface area contributed by atoms with Crippen molar-refractivity contribution in [2.45, 2.75) is 24.7 Å². The Morgan fingerprint density at radius 3 is 2.35 bits per heavy atom. The number of benzene rings is 1. The van der Waals surface area contributed by atoms with Crippen LogP contribution in [0.1, 0.15) is 25.3 Å². The van der Waals surface area contributed by atoms with Gasteiger partial charge >= 0.3 is 0 Å². The third-order valence-corrected chi connectivity index (χ3v) is 4.87. The van der Waals surface area contributed by atoms with E-state index in [-0.39, 0.29) is 4.90 Å². The first-order valence-electron chi connectivity index (χ1n) is 6.13. The minimum absolute atomic E-state index is 0.234. The Morgan fingerprint density at radius 1 is 1.15 bits per heavy atom. The standard InChI is InChI=1S/C14H15BrN2O2S/c1-10(2)11-5-7-12(8-6-11)20(18,19)17-13-4-3-9-16-14(13)15/h3-10,17H,1-2H3. The van der Waals surface area contributed by atoms with Gasteiger partial charge in [-0.15, -0.1) is 0 Å². The highest BCUT2D eigenvalue weighted by Crippen LogP contribution is 2.23. The lowest BCUT2D eigenvalue weighted by Crippen LogP contribution is -2.13. The van der Waals surface area contributed by atoms with Crippen LogP contribution >= 0.6 is 15.9 Å². The van der Waals surface area contributed by atoms with Crippen molar-refractivity contribution in [2.75, 3.05) is 4.72 Å². The van der Waals surface area contributed by atoms with E-state index in [1.54, 1.807) is 30.5 Å². The topological polar surface area (TPSA) is 59.1 Å². The van der Waals surface area contributed by atoms with Crippen LogP contribution in [0.2, 0.25) is 0 Å². The maximum atomic E-state index is 12.3. The van der Waals surface area contributed by atoms with E-state index in [0.717, 1.165) is 5.56 Å². The minimum Gasteiger partial charge on any atom is -0.277 e. The summed E-state index contributed by atoms with van der Waals surface area (Å²) in [5, 5.41) is 0. The van der Waals surface area contributed by atoms with Crippen LogP contribution in [-0.4, -0.2) is 13.4 Å². The van der Waals surface area contributed by atoms with Gasteiger partial charge in [-0.3, -0.25) is 4.72 Å². The third-order valence-electron chi connectivity index (χ3n) is 2.86. The molecule has 0 aliphatic rings. The summed E-state index contributed by atoms with van der Waals surface area (Å²) in [6.07, 6.45) is 1.58. The predicted octanol–water partition coefficient (Wildman–Crippen LogP) is 3.77. The van der Waals surface area contributed by atoms with Crippen molar-refractivity contribution in [2.24, 2.45) is 0 Å². The number of pyridine rings is 1. The Bertz CT molecular complexity index is 697. The van der Waals surface area contributed by atoms with E-state index < -0.39 is 10.0 Å². The van der Waals surface area contributed by atoms with Crippen molar-refractivity contribution in [3.8, 4) is 0 Å². The van der Waals surface area contributed by atoms with Gasteiger partial charge in [0.1, 0.15) is 4.60 Å². The van der Waals surface area contributed by atoms with Gasteiger partial charge in [-0.05, 0) is 51.7 Å². The second-order valence-electron chi connectivity index (χ2n) is 4.67. The van der Waals surface area contributed by atoms with E-state index in [2.05, 4.69) is 39.5 Å². The van der Waals surface area contributed by atoms with Gasteiger partial charge in [0.25, 0.3) is 10.0 Å². The molecule has 0 saturated carbocycles. The van der Waals surface area contributed by atoms with Crippen molar-refractivity contribution in [1.82, 2.24) is 4.98 Å². The molecule has 1 N–H and O–H groups in total. The lowest BCUT2D eigenvalue weighted by atomic mass is 10.0. The summed E-state index contributed by atoms with van der Waals surface area (Å²) in [7, 11) is -3.60. The molecule has 0 saturated heterocycles. The third kappa shape index (κ3) is 3.37. The van der Waals surface area contributed by atoms with Crippen molar-refractivity contribution in [3.05, 3.63) is 52.8 Å². The average Bonchev–Trinajstić information content (AvgIpc) is 2.41. The van der Waals surface area contributed by atoms with Crippen LogP contribution in [0.25, 0.3) is 0 Å². The molecule has 6 heteroatoms. The number of anilines is 1. The highest BCUT2D eigenvalue weighted by atomic mass is 79.9. The summed E-state index contributed by atoms with van der Waals surface area (Å²) in [5.74, 6) is 0.368. The van der Waals surface area contributed by atoms with E-state index in [9.17, 15) is 8.42 Å². The Balaban J connectivity index is 2.29. The van der Waals surface area contributed by atoms with Gasteiger partial charge in [0.05, 0.1) is 10.6 Å². The average molecular weight is 355 g/mol. The Morgan fingerprint density at radius 2 is 1.80 bits per heavy atom. The second kappa shape index (κ2) is 5.93. The Labute approximate surface area is 127 Å². The van der Waals surface area contributed by atoms with E-state index in [4.69, 9.17) is 0 Å². The lowest BCUT2D eigenvalue weighted by molar-refractivity contribution is 0.601. The maximum Gasteiger partial charge on any atom is 0.261 e. The van der Waals surface area contributed by atoms with Crippen LogP contribution < -0.4 is 4.72 Å². The highest BCUT2D eigenvalue weighted by Gasteiger charge is 2.15. The van der Waals surface area contributed by atoms with E-state index >= 15 is 0 Å². The van der Waals surface area contributed by atoms with Crippen LogP contribution in [0.4, 0.5) is 5.69 Å². The molecule has 0 aliphatic carbocycles. The molecule has 0 fully saturated rings. The molecule has 1 aromatic heterocycles. The number of nitrogens with one attached hydrogen (secondary N) is 1. The summed E-state index contributed by atoms with van der Waals surface area (Å²) in [5.41, 5.74) is 1.52. The molecule has 0 aliphatic heterocycles. The molecule has 0 spiro atoms. The largest absolute Gasteiger partial charge is 0.277 e. The summed E-state index contributed by atoms with van der Waals surface area (Å²) >= 11 is 3.21. The number of aromatic nitrogens is 1. The number of nitrogens with zero attached hydrogens (tertiary/aromatic N) is 1. The first kappa shape index (κ1) is 15.0. The molecule has 1 heterocycles. The second-order valence-corrected chi connectivity index (χ2v) is 7.10. The Hall–Kier alpha value is -1.40. The summed E-state index contributed by atoms with van der Waals surface area (Å²) in [6, 6.07) is 10.2. The predicted molar refractivity (Wildman–Crippen MR) is 83.3 cm³/mol. The van der Waals surface area contributed by atoms with Crippen molar-refractivity contribution >= 4 is 31.6 Å². The van der Waals surface area contributed by atoms with Gasteiger partial charge < -0.3 is 0 Å². The molecule has 106 valence electrons. The van der Waals surface area contributed by atoms with Gasteiger partial charge in [0, 0.05) is 6.20 Å². The van der Waals surface area contributed by atoms with Crippen molar-refractivity contribution in [3.63, 3.8) is 0 Å². The molecular formula is C14H15BrN2O2S.